The van der Waals surface area contributed by atoms with Crippen LogP contribution in [0.1, 0.15) is 18.4 Å². The van der Waals surface area contributed by atoms with Crippen LogP contribution in [0.15, 0.2) is 24.3 Å². The van der Waals surface area contributed by atoms with Gasteiger partial charge in [-0.25, -0.2) is 0 Å². The smallest absolute Gasteiger partial charge is 0.244 e. The van der Waals surface area contributed by atoms with Crippen molar-refractivity contribution in [2.24, 2.45) is 0 Å². The quantitative estimate of drug-likeness (QED) is 0.842. The van der Waals surface area contributed by atoms with Gasteiger partial charge in [-0.1, -0.05) is 23.2 Å². The molecule has 0 saturated carbocycles. The topological polar surface area (TPSA) is 58.2 Å². The van der Waals surface area contributed by atoms with E-state index in [0.29, 0.717) is 35.0 Å². The van der Waals surface area contributed by atoms with Gasteiger partial charge in [-0.2, -0.15) is 0 Å². The molecule has 1 aromatic rings. The van der Waals surface area contributed by atoms with Crippen molar-refractivity contribution in [3.05, 3.63) is 39.9 Å². The highest BCUT2D eigenvalue weighted by Crippen LogP contribution is 2.21. The van der Waals surface area contributed by atoms with E-state index in [0.717, 1.165) is 0 Å². The van der Waals surface area contributed by atoms with Crippen LogP contribution in [0.2, 0.25) is 10.0 Å². The molecule has 2 rings (SSSR count). The maximum Gasteiger partial charge on any atom is 0.244 e. The summed E-state index contributed by atoms with van der Waals surface area (Å²) in [5, 5.41) is 6.63. The monoisotopic (exact) mass is 312 g/mol. The molecule has 1 aliphatic rings. The fraction of sp³-hybridized carbons (Fsp3) is 0.286. The Morgan fingerprint density at radius 3 is 2.90 bits per heavy atom. The first-order valence-corrected chi connectivity index (χ1v) is 7.00. The Morgan fingerprint density at radius 2 is 2.20 bits per heavy atom. The second-order valence-electron chi connectivity index (χ2n) is 4.55. The molecular weight excluding hydrogens is 299 g/mol. The van der Waals surface area contributed by atoms with Crippen molar-refractivity contribution in [1.29, 1.82) is 0 Å². The van der Waals surface area contributed by atoms with Crippen LogP contribution < -0.4 is 10.6 Å². The van der Waals surface area contributed by atoms with Gasteiger partial charge in [0.25, 0.3) is 0 Å². The van der Waals surface area contributed by atoms with Crippen LogP contribution in [-0.2, 0) is 9.59 Å². The van der Waals surface area contributed by atoms with Crippen LogP contribution in [0.5, 0.6) is 0 Å². The minimum atomic E-state index is -0.220. The van der Waals surface area contributed by atoms with Gasteiger partial charge < -0.3 is 10.6 Å². The van der Waals surface area contributed by atoms with Crippen LogP contribution in [0, 0.1) is 0 Å². The predicted molar refractivity (Wildman–Crippen MR) is 79.7 cm³/mol. The minimum Gasteiger partial charge on any atom is -0.354 e. The van der Waals surface area contributed by atoms with E-state index >= 15 is 0 Å². The summed E-state index contributed by atoms with van der Waals surface area (Å²) in [6.45, 7) is 0.469. The first kappa shape index (κ1) is 14.9. The molecule has 0 aliphatic carbocycles. The van der Waals surface area contributed by atoms with Gasteiger partial charge in [0.2, 0.25) is 11.8 Å². The molecule has 1 unspecified atom stereocenters. The summed E-state index contributed by atoms with van der Waals surface area (Å²) in [5.41, 5.74) is 0.686. The van der Waals surface area contributed by atoms with E-state index in [9.17, 15) is 9.59 Å². The Hall–Kier alpha value is -1.52. The van der Waals surface area contributed by atoms with E-state index in [1.807, 2.05) is 0 Å². The lowest BCUT2D eigenvalue weighted by atomic mass is 10.1. The summed E-state index contributed by atoms with van der Waals surface area (Å²) in [6, 6.07) is 5.03. The zero-order chi connectivity index (χ0) is 14.5. The lowest BCUT2D eigenvalue weighted by Gasteiger charge is -2.22. The molecule has 1 heterocycles. The molecule has 1 atom stereocenters. The molecular formula is C14H14Cl2N2O2. The van der Waals surface area contributed by atoms with Gasteiger partial charge in [0, 0.05) is 35.1 Å². The van der Waals surface area contributed by atoms with Crippen LogP contribution in [0.3, 0.4) is 0 Å². The summed E-state index contributed by atoms with van der Waals surface area (Å²) in [5.74, 6) is -0.195. The van der Waals surface area contributed by atoms with Crippen molar-refractivity contribution in [3.63, 3.8) is 0 Å². The Bertz CT molecular complexity index is 548. The first-order chi connectivity index (χ1) is 9.54. The highest BCUT2D eigenvalue weighted by Gasteiger charge is 2.18. The minimum absolute atomic E-state index is 0.0248. The van der Waals surface area contributed by atoms with E-state index in [2.05, 4.69) is 10.6 Å². The fourth-order valence-corrected chi connectivity index (χ4v) is 2.27. The van der Waals surface area contributed by atoms with Crippen molar-refractivity contribution in [1.82, 2.24) is 10.6 Å². The molecule has 1 fully saturated rings. The van der Waals surface area contributed by atoms with E-state index < -0.39 is 0 Å². The number of halogens is 2. The second kappa shape index (κ2) is 6.77. The molecule has 106 valence electrons. The molecule has 2 N–H and O–H groups in total. The highest BCUT2D eigenvalue weighted by molar-refractivity contribution is 6.34. The third kappa shape index (κ3) is 4.25. The number of hydrogen-bond acceptors (Lipinski definition) is 2. The molecule has 1 aromatic carbocycles. The Kier molecular flexibility index (Phi) is 5.04. The highest BCUT2D eigenvalue weighted by atomic mass is 35.5. The average molecular weight is 313 g/mol. The summed E-state index contributed by atoms with van der Waals surface area (Å²) >= 11 is 11.9. The van der Waals surface area contributed by atoms with Crippen LogP contribution in [-0.4, -0.2) is 24.4 Å². The maximum atomic E-state index is 11.8. The third-order valence-corrected chi connectivity index (χ3v) is 3.56. The number of amides is 2. The zero-order valence-electron chi connectivity index (χ0n) is 10.7. The molecule has 20 heavy (non-hydrogen) atoms. The Labute approximate surface area is 127 Å². The van der Waals surface area contributed by atoms with Crippen LogP contribution >= 0.6 is 23.2 Å². The predicted octanol–water partition coefficient (Wildman–Crippen LogP) is 2.40. The van der Waals surface area contributed by atoms with Gasteiger partial charge in [0.15, 0.2) is 0 Å². The summed E-state index contributed by atoms with van der Waals surface area (Å²) < 4.78 is 0. The number of carbonyl (C=O) groups is 2. The van der Waals surface area contributed by atoms with Gasteiger partial charge in [-0.05, 0) is 36.3 Å². The fourth-order valence-electron chi connectivity index (χ4n) is 1.91. The van der Waals surface area contributed by atoms with Crippen molar-refractivity contribution < 1.29 is 9.59 Å². The molecule has 2 amide bonds. The molecule has 0 aromatic heterocycles. The number of carbonyl (C=O) groups excluding carboxylic acids is 2. The number of rotatable bonds is 3. The lowest BCUT2D eigenvalue weighted by molar-refractivity contribution is -0.124. The number of benzene rings is 1. The lowest BCUT2D eigenvalue weighted by Crippen LogP contribution is -2.47. The largest absolute Gasteiger partial charge is 0.354 e. The van der Waals surface area contributed by atoms with Gasteiger partial charge >= 0.3 is 0 Å². The zero-order valence-corrected chi connectivity index (χ0v) is 12.2. The van der Waals surface area contributed by atoms with Gasteiger partial charge in [-0.3, -0.25) is 9.59 Å². The second-order valence-corrected chi connectivity index (χ2v) is 5.39. The molecule has 6 heteroatoms. The maximum absolute atomic E-state index is 11.8. The molecule has 0 radical (unpaired) electrons. The van der Waals surface area contributed by atoms with E-state index in [1.165, 1.54) is 6.08 Å². The van der Waals surface area contributed by atoms with E-state index in [-0.39, 0.29) is 17.9 Å². The molecule has 0 bridgehead atoms. The normalized spacial score (nSPS) is 18.9. The van der Waals surface area contributed by atoms with Crippen molar-refractivity contribution in [2.75, 3.05) is 6.54 Å². The summed E-state index contributed by atoms with van der Waals surface area (Å²) in [4.78, 5) is 22.8. The molecule has 1 aliphatic heterocycles. The number of hydrogen-bond donors (Lipinski definition) is 2. The Morgan fingerprint density at radius 1 is 1.40 bits per heavy atom. The molecule has 1 saturated heterocycles. The standard InChI is InChI=1S/C14H14Cl2N2O2/c15-10-2-4-12(16)9(7-10)1-5-14(20)18-11-3-6-13(19)17-8-11/h1-2,4-5,7,11H,3,6,8H2,(H,17,19)(H,18,20). The van der Waals surface area contributed by atoms with Crippen LogP contribution in [0.25, 0.3) is 6.08 Å². The van der Waals surface area contributed by atoms with Crippen molar-refractivity contribution >= 4 is 41.1 Å². The molecule has 0 spiro atoms. The number of nitrogens with one attached hydrogen (secondary N) is 2. The Balaban J connectivity index is 1.92. The summed E-state index contributed by atoms with van der Waals surface area (Å²) in [6.07, 6.45) is 4.12. The number of piperidine rings is 1. The van der Waals surface area contributed by atoms with E-state index in [4.69, 9.17) is 23.2 Å². The van der Waals surface area contributed by atoms with Crippen LogP contribution in [0.4, 0.5) is 0 Å². The van der Waals surface area contributed by atoms with Crippen molar-refractivity contribution in [2.45, 2.75) is 18.9 Å². The summed E-state index contributed by atoms with van der Waals surface area (Å²) in [7, 11) is 0. The van der Waals surface area contributed by atoms with E-state index in [1.54, 1.807) is 24.3 Å². The SMILES string of the molecule is O=C(C=Cc1cc(Cl)ccc1Cl)NC1CCC(=O)NC1. The average Bonchev–Trinajstić information content (AvgIpc) is 2.42. The van der Waals surface area contributed by atoms with Gasteiger partial charge in [0.1, 0.15) is 0 Å². The third-order valence-electron chi connectivity index (χ3n) is 2.98. The molecule has 4 nitrogen and oxygen atoms in total. The van der Waals surface area contributed by atoms with Crippen molar-refractivity contribution in [3.8, 4) is 0 Å². The first-order valence-electron chi connectivity index (χ1n) is 6.25. The van der Waals surface area contributed by atoms with Gasteiger partial charge in [-0.15, -0.1) is 0 Å². The van der Waals surface area contributed by atoms with Gasteiger partial charge in [0.05, 0.1) is 0 Å².